The summed E-state index contributed by atoms with van der Waals surface area (Å²) >= 11 is 6.55. The number of nitrogens with zero attached hydrogens (tertiary/aromatic N) is 4. The fraction of sp³-hybridized carbons (Fsp3) is 0.300. The molecule has 1 N–H and O–H groups in total. The van der Waals surface area contributed by atoms with Gasteiger partial charge in [0.25, 0.3) is 5.91 Å². The van der Waals surface area contributed by atoms with Crippen molar-refractivity contribution in [3.63, 3.8) is 0 Å². The van der Waals surface area contributed by atoms with E-state index in [9.17, 15) is 4.79 Å². The zero-order valence-electron chi connectivity index (χ0n) is 9.81. The highest BCUT2D eigenvalue weighted by Crippen LogP contribution is 2.24. The van der Waals surface area contributed by atoms with E-state index in [1.807, 2.05) is 19.3 Å². The summed E-state index contributed by atoms with van der Waals surface area (Å²) in [4.78, 5) is 13.7. The highest BCUT2D eigenvalue weighted by molar-refractivity contribution is 9.13. The van der Waals surface area contributed by atoms with Crippen LogP contribution in [0.15, 0.2) is 21.3 Å². The molecule has 0 aromatic carbocycles. The Labute approximate surface area is 121 Å². The third-order valence-corrected chi connectivity index (χ3v) is 4.26. The number of rotatable bonds is 3. The number of aromatic nitrogens is 4. The molecule has 8 heteroatoms. The lowest BCUT2D eigenvalue weighted by atomic mass is 10.3. The van der Waals surface area contributed by atoms with Gasteiger partial charge in [0.1, 0.15) is 4.60 Å². The topological polar surface area (TPSA) is 66.8 Å². The maximum atomic E-state index is 12.1. The minimum atomic E-state index is -0.172. The Bertz CT molecular complexity index is 577. The van der Waals surface area contributed by atoms with Crippen molar-refractivity contribution in [2.75, 3.05) is 7.05 Å². The van der Waals surface area contributed by atoms with Crippen LogP contribution in [-0.2, 0) is 13.6 Å². The predicted molar refractivity (Wildman–Crippen MR) is 73.0 cm³/mol. The quantitative estimate of drug-likeness (QED) is 0.890. The van der Waals surface area contributed by atoms with E-state index < -0.39 is 0 Å². The summed E-state index contributed by atoms with van der Waals surface area (Å²) in [6, 6.07) is 1.87. The second-order valence-electron chi connectivity index (χ2n) is 3.84. The molecule has 1 amide bonds. The van der Waals surface area contributed by atoms with E-state index in [2.05, 4.69) is 47.2 Å². The van der Waals surface area contributed by atoms with E-state index in [1.165, 1.54) is 0 Å². The van der Waals surface area contributed by atoms with Crippen LogP contribution in [-0.4, -0.2) is 37.8 Å². The van der Waals surface area contributed by atoms with Gasteiger partial charge in [-0.2, -0.15) is 10.2 Å². The number of aromatic amines is 1. The van der Waals surface area contributed by atoms with Gasteiger partial charge in [-0.3, -0.25) is 14.6 Å². The Morgan fingerprint density at radius 1 is 1.56 bits per heavy atom. The number of hydrogen-bond donors (Lipinski definition) is 1. The molecule has 0 atom stereocenters. The first-order valence-electron chi connectivity index (χ1n) is 5.12. The molecule has 6 nitrogen and oxygen atoms in total. The van der Waals surface area contributed by atoms with Gasteiger partial charge < -0.3 is 4.90 Å². The van der Waals surface area contributed by atoms with Crippen molar-refractivity contribution < 1.29 is 4.79 Å². The van der Waals surface area contributed by atoms with Crippen LogP contribution in [0.5, 0.6) is 0 Å². The van der Waals surface area contributed by atoms with Gasteiger partial charge in [0.15, 0.2) is 5.69 Å². The molecule has 2 aromatic rings. The maximum Gasteiger partial charge on any atom is 0.275 e. The molecule has 0 unspecified atom stereocenters. The SMILES string of the molecule is CN(Cc1ccn(C)n1)C(=O)c1n[nH]c(Br)c1Br. The maximum absolute atomic E-state index is 12.1. The molecule has 0 radical (unpaired) electrons. The Hall–Kier alpha value is -1.15. The lowest BCUT2D eigenvalue weighted by Crippen LogP contribution is -2.27. The van der Waals surface area contributed by atoms with Gasteiger partial charge in [0, 0.05) is 20.3 Å². The number of hydrogen-bond acceptors (Lipinski definition) is 3. The zero-order valence-corrected chi connectivity index (χ0v) is 13.0. The van der Waals surface area contributed by atoms with Gasteiger partial charge in [-0.05, 0) is 37.9 Å². The Morgan fingerprint density at radius 2 is 2.28 bits per heavy atom. The van der Waals surface area contributed by atoms with Crippen molar-refractivity contribution in [3.05, 3.63) is 32.7 Å². The molecule has 0 aliphatic rings. The summed E-state index contributed by atoms with van der Waals surface area (Å²) in [6.45, 7) is 0.441. The smallest absolute Gasteiger partial charge is 0.275 e. The molecule has 0 spiro atoms. The normalized spacial score (nSPS) is 10.7. The molecule has 2 rings (SSSR count). The monoisotopic (exact) mass is 375 g/mol. The summed E-state index contributed by atoms with van der Waals surface area (Å²) in [5.41, 5.74) is 1.18. The van der Waals surface area contributed by atoms with Crippen molar-refractivity contribution in [3.8, 4) is 0 Å². The van der Waals surface area contributed by atoms with Crippen molar-refractivity contribution in [1.82, 2.24) is 24.9 Å². The number of amides is 1. The summed E-state index contributed by atoms with van der Waals surface area (Å²) in [5.74, 6) is -0.172. The zero-order chi connectivity index (χ0) is 13.3. The van der Waals surface area contributed by atoms with Crippen LogP contribution in [0.4, 0.5) is 0 Å². The number of halogens is 2. The van der Waals surface area contributed by atoms with Crippen molar-refractivity contribution in [1.29, 1.82) is 0 Å². The molecule has 96 valence electrons. The first-order valence-corrected chi connectivity index (χ1v) is 6.71. The van der Waals surface area contributed by atoms with Crippen LogP contribution < -0.4 is 0 Å². The Morgan fingerprint density at radius 3 is 2.78 bits per heavy atom. The highest BCUT2D eigenvalue weighted by Gasteiger charge is 2.20. The number of H-pyrrole nitrogens is 1. The van der Waals surface area contributed by atoms with E-state index in [4.69, 9.17) is 0 Å². The lowest BCUT2D eigenvalue weighted by Gasteiger charge is -2.14. The van der Waals surface area contributed by atoms with Crippen LogP contribution in [0.1, 0.15) is 16.2 Å². The first-order chi connectivity index (χ1) is 8.49. The second kappa shape index (κ2) is 5.23. The van der Waals surface area contributed by atoms with Crippen LogP contribution in [0.2, 0.25) is 0 Å². The number of carbonyl (C=O) groups excluding carboxylic acids is 1. The van der Waals surface area contributed by atoms with Crippen LogP contribution in [0.25, 0.3) is 0 Å². The molecule has 0 saturated heterocycles. The fourth-order valence-electron chi connectivity index (χ4n) is 1.49. The lowest BCUT2D eigenvalue weighted by molar-refractivity contribution is 0.0776. The summed E-state index contributed by atoms with van der Waals surface area (Å²) in [6.07, 6.45) is 1.84. The largest absolute Gasteiger partial charge is 0.334 e. The van der Waals surface area contributed by atoms with Crippen LogP contribution in [0.3, 0.4) is 0 Å². The third-order valence-electron chi connectivity index (χ3n) is 2.38. The standard InChI is InChI=1S/C10H11Br2N5O/c1-16(5-6-3-4-17(2)15-6)10(18)8-7(11)9(12)14-13-8/h3-4H,5H2,1-2H3,(H,13,14). The van der Waals surface area contributed by atoms with Crippen LogP contribution in [0, 0.1) is 0 Å². The van der Waals surface area contributed by atoms with Crippen LogP contribution >= 0.6 is 31.9 Å². The summed E-state index contributed by atoms with van der Waals surface area (Å²) in [5, 5.41) is 10.9. The average Bonchev–Trinajstić information content (AvgIpc) is 2.87. The van der Waals surface area contributed by atoms with E-state index in [0.717, 1.165) is 5.69 Å². The molecule has 0 aliphatic heterocycles. The molecule has 18 heavy (non-hydrogen) atoms. The molecule has 0 fully saturated rings. The number of carbonyl (C=O) groups is 1. The molecule has 2 aromatic heterocycles. The van der Waals surface area contributed by atoms with Gasteiger partial charge in [0.05, 0.1) is 16.7 Å². The fourth-order valence-corrected chi connectivity index (χ4v) is 2.12. The second-order valence-corrected chi connectivity index (χ2v) is 5.43. The first kappa shape index (κ1) is 13.3. The van der Waals surface area contributed by atoms with E-state index in [0.29, 0.717) is 21.3 Å². The van der Waals surface area contributed by atoms with Gasteiger partial charge in [-0.15, -0.1) is 0 Å². The number of nitrogens with one attached hydrogen (secondary N) is 1. The van der Waals surface area contributed by atoms with Gasteiger partial charge in [-0.1, -0.05) is 0 Å². The molecular formula is C10H11Br2N5O. The molecule has 0 bridgehead atoms. The highest BCUT2D eigenvalue weighted by atomic mass is 79.9. The Kier molecular flexibility index (Phi) is 3.86. The molecule has 0 saturated carbocycles. The summed E-state index contributed by atoms with van der Waals surface area (Å²) in [7, 11) is 3.55. The van der Waals surface area contributed by atoms with Gasteiger partial charge >= 0.3 is 0 Å². The predicted octanol–water partition coefficient (Wildman–Crippen LogP) is 1.94. The Balaban J connectivity index is 2.12. The molecule has 0 aliphatic carbocycles. The molecule has 2 heterocycles. The summed E-state index contributed by atoms with van der Waals surface area (Å²) < 4.78 is 2.98. The average molecular weight is 377 g/mol. The van der Waals surface area contributed by atoms with Crippen molar-refractivity contribution in [2.24, 2.45) is 7.05 Å². The van der Waals surface area contributed by atoms with E-state index >= 15 is 0 Å². The minimum Gasteiger partial charge on any atom is -0.334 e. The van der Waals surface area contributed by atoms with Gasteiger partial charge in [0.2, 0.25) is 0 Å². The van der Waals surface area contributed by atoms with E-state index in [-0.39, 0.29) is 5.91 Å². The van der Waals surface area contributed by atoms with Gasteiger partial charge in [-0.25, -0.2) is 0 Å². The van der Waals surface area contributed by atoms with E-state index in [1.54, 1.807) is 16.6 Å². The van der Waals surface area contributed by atoms with Crippen molar-refractivity contribution in [2.45, 2.75) is 6.54 Å². The minimum absolute atomic E-state index is 0.172. The van der Waals surface area contributed by atoms with Crippen molar-refractivity contribution >= 4 is 37.8 Å². The third kappa shape index (κ3) is 2.64. The number of aryl methyl sites for hydroxylation is 1. The molecular weight excluding hydrogens is 366 g/mol.